The topological polar surface area (TPSA) is 67.4 Å². The van der Waals surface area contributed by atoms with Crippen LogP contribution in [0.25, 0.3) is 0 Å². The maximum Gasteiger partial charge on any atom is 0.573 e. The van der Waals surface area contributed by atoms with Crippen molar-refractivity contribution >= 4 is 17.4 Å². The van der Waals surface area contributed by atoms with Crippen LogP contribution in [0.2, 0.25) is 0 Å². The molecular weight excluding hydrogens is 505 g/mol. The van der Waals surface area contributed by atoms with Gasteiger partial charge in [-0.3, -0.25) is 9.59 Å². The maximum absolute atomic E-state index is 13.4. The average molecular weight is 553 g/mol. The lowest BCUT2D eigenvalue weighted by Gasteiger charge is -2.50. The molecule has 8 heteroatoms. The summed E-state index contributed by atoms with van der Waals surface area (Å²) in [5, 5.41) is 6.00. The van der Waals surface area contributed by atoms with Crippen LogP contribution in [-0.2, 0) is 9.59 Å². The molecule has 39 heavy (non-hydrogen) atoms. The van der Waals surface area contributed by atoms with Gasteiger partial charge in [0.05, 0.1) is 5.69 Å². The molecule has 0 saturated heterocycles. The number of nitrogens with one attached hydrogen (secondary N) is 2. The van der Waals surface area contributed by atoms with Crippen molar-refractivity contribution in [2.24, 2.45) is 28.6 Å². The maximum atomic E-state index is 13.4. The Balaban J connectivity index is 0.00000127. The Kier molecular flexibility index (Phi) is 11.1. The largest absolute Gasteiger partial charge is 0.573 e. The highest BCUT2D eigenvalue weighted by Gasteiger charge is 2.55. The van der Waals surface area contributed by atoms with Crippen molar-refractivity contribution < 1.29 is 27.5 Å². The van der Waals surface area contributed by atoms with Gasteiger partial charge in [0.1, 0.15) is 0 Å². The van der Waals surface area contributed by atoms with E-state index in [0.717, 1.165) is 37.8 Å². The standard InChI is InChI=1S/C27H35F3N2O3.2C2H6/c1-16-5-8-21(22(13-16)35-27(28,29)30)32-24(34)20-7-6-17-14-18(9-11-25(17,20)2)26(3)12-10-19(33)15-23(26)31-4;2*1-2/h5,8,13,15,17-18,20,31H,6-7,9-12,14H2,1-4H3,(H,32,34);2*1-2H3. The van der Waals surface area contributed by atoms with E-state index in [0.29, 0.717) is 30.2 Å². The first-order chi connectivity index (χ1) is 18.4. The molecule has 0 aliphatic heterocycles. The van der Waals surface area contributed by atoms with Gasteiger partial charge >= 0.3 is 6.36 Å². The summed E-state index contributed by atoms with van der Waals surface area (Å²) in [5.74, 6) is 0.0326. The Morgan fingerprint density at radius 3 is 2.31 bits per heavy atom. The van der Waals surface area contributed by atoms with E-state index >= 15 is 0 Å². The lowest BCUT2D eigenvalue weighted by atomic mass is 9.55. The summed E-state index contributed by atoms with van der Waals surface area (Å²) in [6.07, 6.45) is 2.74. The van der Waals surface area contributed by atoms with Gasteiger partial charge in [-0.15, -0.1) is 13.2 Å². The second-order valence-corrected chi connectivity index (χ2v) is 11.0. The van der Waals surface area contributed by atoms with Crippen molar-refractivity contribution in [3.05, 3.63) is 35.5 Å². The van der Waals surface area contributed by atoms with Gasteiger partial charge < -0.3 is 15.4 Å². The number of halogens is 3. The van der Waals surface area contributed by atoms with Crippen LogP contribution in [0, 0.1) is 35.5 Å². The van der Waals surface area contributed by atoms with E-state index in [1.165, 1.54) is 12.1 Å². The van der Waals surface area contributed by atoms with Gasteiger partial charge in [-0.1, -0.05) is 47.6 Å². The lowest BCUT2D eigenvalue weighted by molar-refractivity contribution is -0.274. The number of hydrogen-bond acceptors (Lipinski definition) is 4. The molecule has 0 aromatic heterocycles. The highest BCUT2D eigenvalue weighted by atomic mass is 19.4. The molecule has 5 nitrogen and oxygen atoms in total. The number of rotatable bonds is 5. The molecule has 1 amide bonds. The van der Waals surface area contributed by atoms with Gasteiger partial charge in [-0.2, -0.15) is 0 Å². The summed E-state index contributed by atoms with van der Waals surface area (Å²) in [4.78, 5) is 25.3. The molecule has 1 aromatic carbocycles. The Bertz CT molecular complexity index is 1040. The van der Waals surface area contributed by atoms with E-state index < -0.39 is 6.36 Å². The number of amides is 1. The molecule has 5 unspecified atom stereocenters. The minimum absolute atomic E-state index is 0.0434. The molecule has 1 aromatic rings. The quantitative estimate of drug-likeness (QED) is 0.386. The van der Waals surface area contributed by atoms with E-state index in [4.69, 9.17) is 0 Å². The minimum atomic E-state index is -4.84. The SMILES string of the molecule is CC.CC.CNC1=CC(=O)CCC1(C)C1CCC2(C)C(CCC2C(=O)Nc2ccc(C)cc2OC(F)(F)F)C1. The van der Waals surface area contributed by atoms with Crippen molar-refractivity contribution in [3.63, 3.8) is 0 Å². The van der Waals surface area contributed by atoms with E-state index in [1.807, 2.05) is 34.7 Å². The fourth-order valence-corrected chi connectivity index (χ4v) is 6.89. The van der Waals surface area contributed by atoms with Crippen LogP contribution < -0.4 is 15.4 Å². The van der Waals surface area contributed by atoms with Crippen LogP contribution in [0.15, 0.2) is 30.0 Å². The van der Waals surface area contributed by atoms with Crippen LogP contribution in [0.1, 0.15) is 92.1 Å². The molecule has 2 saturated carbocycles. The van der Waals surface area contributed by atoms with E-state index in [1.54, 1.807) is 19.1 Å². The predicted octanol–water partition coefficient (Wildman–Crippen LogP) is 8.19. The normalized spacial score (nSPS) is 30.0. The second kappa shape index (κ2) is 13.2. The number of carbonyl (C=O) groups is 2. The van der Waals surface area contributed by atoms with Crippen molar-refractivity contribution in [2.45, 2.75) is 99.8 Å². The molecule has 5 atom stereocenters. The average Bonchev–Trinajstić information content (AvgIpc) is 3.25. The number of ether oxygens (including phenoxy) is 1. The number of hydrogen-bond donors (Lipinski definition) is 2. The van der Waals surface area contributed by atoms with E-state index in [-0.39, 0.29) is 39.9 Å². The van der Waals surface area contributed by atoms with Crippen LogP contribution in [0.3, 0.4) is 0 Å². The number of benzene rings is 1. The van der Waals surface area contributed by atoms with Crippen LogP contribution in [0.4, 0.5) is 18.9 Å². The second-order valence-electron chi connectivity index (χ2n) is 11.0. The molecule has 3 aliphatic carbocycles. The number of carbonyl (C=O) groups excluding carboxylic acids is 2. The number of anilines is 1. The zero-order valence-electron chi connectivity index (χ0n) is 24.8. The molecule has 3 aliphatic rings. The van der Waals surface area contributed by atoms with Crippen molar-refractivity contribution in [3.8, 4) is 5.75 Å². The van der Waals surface area contributed by atoms with Crippen molar-refractivity contribution in [1.29, 1.82) is 0 Å². The fraction of sp³-hybridized carbons (Fsp3) is 0.677. The number of aryl methyl sites for hydroxylation is 1. The van der Waals surface area contributed by atoms with Crippen molar-refractivity contribution in [2.75, 3.05) is 12.4 Å². The number of ketones is 1. The first kappa shape index (κ1) is 32.7. The van der Waals surface area contributed by atoms with Crippen molar-refractivity contribution in [1.82, 2.24) is 5.32 Å². The predicted molar refractivity (Wildman–Crippen MR) is 150 cm³/mol. The minimum Gasteiger partial charge on any atom is -0.404 e. The summed E-state index contributed by atoms with van der Waals surface area (Å²) in [7, 11) is 1.87. The van der Waals surface area contributed by atoms with E-state index in [2.05, 4.69) is 29.2 Å². The molecule has 4 rings (SSSR count). The third kappa shape index (κ3) is 7.17. The Morgan fingerprint density at radius 2 is 1.69 bits per heavy atom. The fourth-order valence-electron chi connectivity index (χ4n) is 6.89. The third-order valence-corrected chi connectivity index (χ3v) is 9.05. The van der Waals surface area contributed by atoms with Gasteiger partial charge in [0.2, 0.25) is 5.91 Å². The number of fused-ring (bicyclic) bond motifs is 1. The highest BCUT2D eigenvalue weighted by molar-refractivity contribution is 5.95. The summed E-state index contributed by atoms with van der Waals surface area (Å²) in [6.45, 7) is 14.1. The Labute approximate surface area is 232 Å². The Hall–Kier alpha value is -2.51. The van der Waals surface area contributed by atoms with Crippen LogP contribution in [0.5, 0.6) is 5.75 Å². The molecule has 0 heterocycles. The number of alkyl halides is 3. The zero-order valence-corrected chi connectivity index (χ0v) is 24.8. The molecule has 0 spiro atoms. The van der Waals surface area contributed by atoms with Gasteiger partial charge in [0.25, 0.3) is 0 Å². The molecule has 0 bridgehead atoms. The highest BCUT2D eigenvalue weighted by Crippen LogP contribution is 2.61. The summed E-state index contributed by atoms with van der Waals surface area (Å²) in [5.41, 5.74) is 1.37. The lowest BCUT2D eigenvalue weighted by Crippen LogP contribution is -2.45. The van der Waals surface area contributed by atoms with Gasteiger partial charge in [0, 0.05) is 36.6 Å². The number of allylic oxidation sites excluding steroid dienone is 2. The summed E-state index contributed by atoms with van der Waals surface area (Å²) < 4.78 is 42.9. The molecular formula is C31H47F3N2O3. The van der Waals surface area contributed by atoms with Gasteiger partial charge in [0.15, 0.2) is 11.5 Å². The monoisotopic (exact) mass is 552 g/mol. The Morgan fingerprint density at radius 1 is 1.03 bits per heavy atom. The summed E-state index contributed by atoms with van der Waals surface area (Å²) >= 11 is 0. The molecule has 220 valence electrons. The molecule has 2 fully saturated rings. The molecule has 0 radical (unpaired) electrons. The van der Waals surface area contributed by atoms with Gasteiger partial charge in [-0.25, -0.2) is 0 Å². The van der Waals surface area contributed by atoms with Crippen LogP contribution >= 0.6 is 0 Å². The first-order valence-corrected chi connectivity index (χ1v) is 14.5. The summed E-state index contributed by atoms with van der Waals surface area (Å²) in [6, 6.07) is 4.42. The zero-order chi connectivity index (χ0) is 29.6. The third-order valence-electron chi connectivity index (χ3n) is 9.05. The van der Waals surface area contributed by atoms with E-state index in [9.17, 15) is 22.8 Å². The first-order valence-electron chi connectivity index (χ1n) is 14.5. The van der Waals surface area contributed by atoms with Crippen LogP contribution in [-0.4, -0.2) is 25.1 Å². The molecule has 2 N–H and O–H groups in total. The van der Waals surface area contributed by atoms with Gasteiger partial charge in [-0.05, 0) is 80.4 Å². The smallest absolute Gasteiger partial charge is 0.404 e.